The number of benzene rings is 1. The van der Waals surface area contributed by atoms with Crippen LogP contribution in [0.2, 0.25) is 0 Å². The van der Waals surface area contributed by atoms with Gasteiger partial charge in [-0.05, 0) is 36.8 Å². The number of nitrogens with zero attached hydrogens (tertiary/aromatic N) is 1. The van der Waals surface area contributed by atoms with Crippen molar-refractivity contribution in [3.63, 3.8) is 0 Å². The minimum Gasteiger partial charge on any atom is -0.409 e. The van der Waals surface area contributed by atoms with E-state index in [1.54, 1.807) is 30.0 Å². The molecule has 7 heteroatoms. The highest BCUT2D eigenvalue weighted by Crippen LogP contribution is 2.28. The summed E-state index contributed by atoms with van der Waals surface area (Å²) in [5.74, 6) is 0.957. The molecule has 5 nitrogen and oxygen atoms in total. The molecule has 1 aliphatic rings. The van der Waals surface area contributed by atoms with Crippen LogP contribution in [-0.2, 0) is 4.79 Å². The zero-order chi connectivity index (χ0) is 13.8. The molecule has 1 atom stereocenters. The third kappa shape index (κ3) is 3.42. The molecule has 1 aromatic carbocycles. The molecule has 0 radical (unpaired) electrons. The molecule has 2 rings (SSSR count). The number of halogens is 1. The molecule has 0 aliphatic carbocycles. The van der Waals surface area contributed by atoms with E-state index in [2.05, 4.69) is 26.4 Å². The van der Waals surface area contributed by atoms with Crippen molar-refractivity contribution >= 4 is 45.1 Å². The second-order valence-electron chi connectivity index (χ2n) is 4.17. The van der Waals surface area contributed by atoms with Gasteiger partial charge in [0.05, 0.1) is 10.9 Å². The zero-order valence-corrected chi connectivity index (χ0v) is 12.5. The Morgan fingerprint density at radius 1 is 1.58 bits per heavy atom. The van der Waals surface area contributed by atoms with Gasteiger partial charge in [-0.2, -0.15) is 0 Å². The van der Waals surface area contributed by atoms with Crippen LogP contribution in [0.4, 0.5) is 5.69 Å². The summed E-state index contributed by atoms with van der Waals surface area (Å²) in [6.07, 6.45) is 1.96. The average molecular weight is 344 g/mol. The maximum absolute atomic E-state index is 12.1. The molecule has 1 saturated heterocycles. The normalized spacial score (nSPS) is 19.4. The predicted octanol–water partition coefficient (Wildman–Crippen LogP) is 2.38. The van der Waals surface area contributed by atoms with E-state index in [0.29, 0.717) is 11.3 Å². The lowest BCUT2D eigenvalue weighted by molar-refractivity contribution is -0.115. The van der Waals surface area contributed by atoms with Gasteiger partial charge in [-0.3, -0.25) is 4.79 Å². The maximum atomic E-state index is 12.1. The van der Waals surface area contributed by atoms with Crippen molar-refractivity contribution < 1.29 is 10.0 Å². The van der Waals surface area contributed by atoms with E-state index in [0.717, 1.165) is 23.1 Å². The van der Waals surface area contributed by atoms with Gasteiger partial charge in [0.15, 0.2) is 5.84 Å². The lowest BCUT2D eigenvalue weighted by atomic mass is 10.1. The zero-order valence-electron chi connectivity index (χ0n) is 10.1. The first kappa shape index (κ1) is 14.2. The Morgan fingerprint density at radius 3 is 3.00 bits per heavy atom. The van der Waals surface area contributed by atoms with Gasteiger partial charge in [0.1, 0.15) is 0 Å². The number of amidine groups is 1. The molecule has 1 aliphatic heterocycles. The minimum atomic E-state index is -0.0318. The summed E-state index contributed by atoms with van der Waals surface area (Å²) in [7, 11) is 0. The van der Waals surface area contributed by atoms with Crippen LogP contribution in [0.15, 0.2) is 27.8 Å². The first-order chi connectivity index (χ1) is 9.11. The summed E-state index contributed by atoms with van der Waals surface area (Å²) >= 11 is 4.98. The van der Waals surface area contributed by atoms with Gasteiger partial charge in [0, 0.05) is 10.0 Å². The van der Waals surface area contributed by atoms with Gasteiger partial charge >= 0.3 is 0 Å². The highest BCUT2D eigenvalue weighted by Gasteiger charge is 2.24. The number of nitrogens with one attached hydrogen (secondary N) is 1. The number of hydrogen-bond acceptors (Lipinski definition) is 4. The van der Waals surface area contributed by atoms with Crippen molar-refractivity contribution in [1.82, 2.24) is 0 Å². The Kier molecular flexibility index (Phi) is 4.71. The number of rotatable bonds is 3. The predicted molar refractivity (Wildman–Crippen MR) is 80.8 cm³/mol. The Morgan fingerprint density at radius 2 is 2.37 bits per heavy atom. The largest absolute Gasteiger partial charge is 0.409 e. The van der Waals surface area contributed by atoms with E-state index in [1.165, 1.54) is 0 Å². The number of carbonyl (C=O) groups excluding carboxylic acids is 1. The van der Waals surface area contributed by atoms with Crippen molar-refractivity contribution in [3.8, 4) is 0 Å². The fourth-order valence-electron chi connectivity index (χ4n) is 1.89. The lowest BCUT2D eigenvalue weighted by Gasteiger charge is -2.13. The van der Waals surface area contributed by atoms with E-state index >= 15 is 0 Å². The van der Waals surface area contributed by atoms with Crippen LogP contribution in [0, 0.1) is 0 Å². The smallest absolute Gasteiger partial charge is 0.237 e. The van der Waals surface area contributed by atoms with Crippen LogP contribution in [0.3, 0.4) is 0 Å². The quantitative estimate of drug-likeness (QED) is 0.340. The molecule has 0 spiro atoms. The van der Waals surface area contributed by atoms with Gasteiger partial charge < -0.3 is 16.3 Å². The SMILES string of the molecule is N/C(=N/O)c1cc(Br)ccc1NC(=O)C1CCCS1. The number of thioether (sulfide) groups is 1. The Balaban J connectivity index is 2.21. The van der Waals surface area contributed by atoms with Crippen molar-refractivity contribution in [2.75, 3.05) is 11.1 Å². The lowest BCUT2D eigenvalue weighted by Crippen LogP contribution is -2.25. The Hall–Kier alpha value is -1.21. The molecule has 4 N–H and O–H groups in total. The molecular weight excluding hydrogens is 330 g/mol. The number of hydrogen-bond donors (Lipinski definition) is 3. The summed E-state index contributed by atoms with van der Waals surface area (Å²) in [5.41, 5.74) is 6.66. The van der Waals surface area contributed by atoms with Crippen LogP contribution in [0.1, 0.15) is 18.4 Å². The molecule has 1 heterocycles. The molecular formula is C12H14BrN3O2S. The number of nitrogens with two attached hydrogens (primary N) is 1. The van der Waals surface area contributed by atoms with Crippen molar-refractivity contribution in [1.29, 1.82) is 0 Å². The standard InChI is InChI=1S/C12H14BrN3O2S/c13-7-3-4-9(8(6-7)11(14)16-18)15-12(17)10-2-1-5-19-10/h3-4,6,10,18H,1-2,5H2,(H2,14,16)(H,15,17). The summed E-state index contributed by atoms with van der Waals surface area (Å²) < 4.78 is 0.794. The van der Waals surface area contributed by atoms with Crippen LogP contribution >= 0.6 is 27.7 Å². The molecule has 0 aromatic heterocycles. The topological polar surface area (TPSA) is 87.7 Å². The second-order valence-corrected chi connectivity index (χ2v) is 6.39. The molecule has 0 saturated carbocycles. The van der Waals surface area contributed by atoms with Crippen LogP contribution < -0.4 is 11.1 Å². The third-order valence-electron chi connectivity index (χ3n) is 2.85. The van der Waals surface area contributed by atoms with Crippen molar-refractivity contribution in [2.24, 2.45) is 10.9 Å². The van der Waals surface area contributed by atoms with Gasteiger partial charge in [0.25, 0.3) is 0 Å². The second kappa shape index (κ2) is 6.29. The van der Waals surface area contributed by atoms with E-state index in [4.69, 9.17) is 10.9 Å². The van der Waals surface area contributed by atoms with Gasteiger partial charge in [-0.1, -0.05) is 21.1 Å². The summed E-state index contributed by atoms with van der Waals surface area (Å²) in [6, 6.07) is 5.23. The van der Waals surface area contributed by atoms with Crippen molar-refractivity contribution in [2.45, 2.75) is 18.1 Å². The molecule has 0 bridgehead atoms. The number of oxime groups is 1. The molecule has 19 heavy (non-hydrogen) atoms. The van der Waals surface area contributed by atoms with Crippen LogP contribution in [0.25, 0.3) is 0 Å². The fraction of sp³-hybridized carbons (Fsp3) is 0.333. The Labute approximate surface area is 123 Å². The minimum absolute atomic E-state index is 0.0104. The number of anilines is 1. The van der Waals surface area contributed by atoms with E-state index in [9.17, 15) is 4.79 Å². The fourth-order valence-corrected chi connectivity index (χ4v) is 3.41. The molecule has 1 amide bonds. The number of amides is 1. The summed E-state index contributed by atoms with van der Waals surface area (Å²) in [4.78, 5) is 12.1. The highest BCUT2D eigenvalue weighted by molar-refractivity contribution is 9.10. The van der Waals surface area contributed by atoms with Crippen LogP contribution in [-0.4, -0.2) is 28.0 Å². The molecule has 1 aromatic rings. The van der Waals surface area contributed by atoms with E-state index < -0.39 is 0 Å². The summed E-state index contributed by atoms with van der Waals surface area (Å²) in [5, 5.41) is 14.6. The van der Waals surface area contributed by atoms with Crippen molar-refractivity contribution in [3.05, 3.63) is 28.2 Å². The van der Waals surface area contributed by atoms with E-state index in [-0.39, 0.29) is 17.0 Å². The molecule has 102 valence electrons. The van der Waals surface area contributed by atoms with Gasteiger partial charge in [0.2, 0.25) is 5.91 Å². The third-order valence-corrected chi connectivity index (χ3v) is 4.72. The molecule has 1 unspecified atom stereocenters. The van der Waals surface area contributed by atoms with E-state index in [1.807, 2.05) is 0 Å². The Bertz CT molecular complexity index is 516. The van der Waals surface area contributed by atoms with Crippen LogP contribution in [0.5, 0.6) is 0 Å². The average Bonchev–Trinajstić information content (AvgIpc) is 2.94. The monoisotopic (exact) mass is 343 g/mol. The van der Waals surface area contributed by atoms with Gasteiger partial charge in [-0.25, -0.2) is 0 Å². The first-order valence-corrected chi connectivity index (χ1v) is 7.66. The number of carbonyl (C=O) groups is 1. The molecule has 1 fully saturated rings. The summed E-state index contributed by atoms with van der Waals surface area (Å²) in [6.45, 7) is 0. The first-order valence-electron chi connectivity index (χ1n) is 5.81. The highest BCUT2D eigenvalue weighted by atomic mass is 79.9. The van der Waals surface area contributed by atoms with Gasteiger partial charge in [-0.15, -0.1) is 11.8 Å². The maximum Gasteiger partial charge on any atom is 0.237 e.